The van der Waals surface area contributed by atoms with E-state index in [1.54, 1.807) is 0 Å². The van der Waals surface area contributed by atoms with Crippen molar-refractivity contribution in [2.24, 2.45) is 4.99 Å². The van der Waals surface area contributed by atoms with Gasteiger partial charge in [0.25, 0.3) is 0 Å². The molecule has 0 bridgehead atoms. The molecule has 2 unspecified atom stereocenters. The van der Waals surface area contributed by atoms with E-state index in [1.807, 2.05) is 73.0 Å². The lowest BCUT2D eigenvalue weighted by molar-refractivity contribution is -0.000599. The average molecular weight is 396 g/mol. The average Bonchev–Trinajstić information content (AvgIpc) is 3.17. The molecule has 2 atom stereocenters. The molecule has 3 N–H and O–H groups in total. The number of nitrogens with zero attached hydrogens (tertiary/aromatic N) is 4. The number of aliphatic hydroxyl groups excluding tert-OH is 1. The van der Waals surface area contributed by atoms with Gasteiger partial charge in [-0.2, -0.15) is 0 Å². The van der Waals surface area contributed by atoms with Crippen LogP contribution >= 0.6 is 0 Å². The van der Waals surface area contributed by atoms with Crippen molar-refractivity contribution in [1.29, 1.82) is 0 Å². The molecule has 1 aromatic carbocycles. The van der Waals surface area contributed by atoms with Crippen LogP contribution in [0.15, 0.2) is 59.7 Å². The Hall–Kier alpha value is -2.97. The predicted octanol–water partition coefficient (Wildman–Crippen LogP) is 1.92. The highest BCUT2D eigenvalue weighted by molar-refractivity contribution is 5.79. The smallest absolute Gasteiger partial charge is 0.191 e. The van der Waals surface area contributed by atoms with Crippen LogP contribution < -0.4 is 10.6 Å². The lowest BCUT2D eigenvalue weighted by Gasteiger charge is -2.18. The Morgan fingerprint density at radius 3 is 2.72 bits per heavy atom. The molecule has 0 saturated carbocycles. The van der Waals surface area contributed by atoms with Crippen LogP contribution in [0.25, 0.3) is 5.65 Å². The standard InChI is InChI=1S/C21H28N6O2/c1-3-22-21(24-14-20-26-25-19-11-7-8-12-27(19)20)23-13-18(28)15-29-16(2)17-9-5-4-6-10-17/h4-12,16,18,28H,3,13-15H2,1-2H3,(H2,22,23,24). The number of rotatable bonds is 9. The van der Waals surface area contributed by atoms with Gasteiger partial charge in [-0.1, -0.05) is 36.4 Å². The largest absolute Gasteiger partial charge is 0.389 e. The fourth-order valence-electron chi connectivity index (χ4n) is 2.84. The lowest BCUT2D eigenvalue weighted by atomic mass is 10.1. The number of hydrogen-bond donors (Lipinski definition) is 3. The number of hydrogen-bond acceptors (Lipinski definition) is 5. The quantitative estimate of drug-likeness (QED) is 0.378. The van der Waals surface area contributed by atoms with Gasteiger partial charge in [0.05, 0.1) is 18.8 Å². The Morgan fingerprint density at radius 2 is 1.93 bits per heavy atom. The fourth-order valence-corrected chi connectivity index (χ4v) is 2.84. The Labute approximate surface area is 170 Å². The molecule has 0 amide bonds. The summed E-state index contributed by atoms with van der Waals surface area (Å²) in [5.74, 6) is 1.36. The van der Waals surface area contributed by atoms with Crippen molar-refractivity contribution in [3.63, 3.8) is 0 Å². The first kappa shape index (κ1) is 20.8. The van der Waals surface area contributed by atoms with Crippen molar-refractivity contribution in [2.75, 3.05) is 19.7 Å². The Bertz CT molecular complexity index is 912. The van der Waals surface area contributed by atoms with Gasteiger partial charge < -0.3 is 20.5 Å². The maximum Gasteiger partial charge on any atom is 0.191 e. The van der Waals surface area contributed by atoms with Gasteiger partial charge in [-0.3, -0.25) is 4.40 Å². The van der Waals surface area contributed by atoms with Crippen LogP contribution in [0.2, 0.25) is 0 Å². The molecular formula is C21H28N6O2. The van der Waals surface area contributed by atoms with E-state index in [1.165, 1.54) is 0 Å². The monoisotopic (exact) mass is 396 g/mol. The summed E-state index contributed by atoms with van der Waals surface area (Å²) in [6.45, 7) is 5.61. The van der Waals surface area contributed by atoms with Crippen molar-refractivity contribution >= 4 is 11.6 Å². The summed E-state index contributed by atoms with van der Waals surface area (Å²) in [5.41, 5.74) is 1.87. The van der Waals surface area contributed by atoms with Crippen molar-refractivity contribution in [1.82, 2.24) is 25.2 Å². The molecule has 0 radical (unpaired) electrons. The highest BCUT2D eigenvalue weighted by Crippen LogP contribution is 2.15. The summed E-state index contributed by atoms with van der Waals surface area (Å²) in [4.78, 5) is 4.54. The first-order valence-corrected chi connectivity index (χ1v) is 9.82. The molecule has 2 heterocycles. The molecule has 8 nitrogen and oxygen atoms in total. The van der Waals surface area contributed by atoms with Crippen LogP contribution in [0.3, 0.4) is 0 Å². The fraction of sp³-hybridized carbons (Fsp3) is 0.381. The zero-order valence-corrected chi connectivity index (χ0v) is 16.8. The Kier molecular flexibility index (Phi) is 7.54. The molecule has 8 heteroatoms. The predicted molar refractivity (Wildman–Crippen MR) is 113 cm³/mol. The SMILES string of the molecule is CCNC(=NCc1nnc2ccccn12)NCC(O)COC(C)c1ccccc1. The minimum atomic E-state index is -0.654. The third-order valence-electron chi connectivity index (χ3n) is 4.42. The summed E-state index contributed by atoms with van der Waals surface area (Å²) >= 11 is 0. The molecule has 154 valence electrons. The minimum Gasteiger partial charge on any atom is -0.389 e. The lowest BCUT2D eigenvalue weighted by Crippen LogP contribution is -2.42. The van der Waals surface area contributed by atoms with Crippen LogP contribution in [0, 0.1) is 0 Å². The molecule has 2 aromatic heterocycles. The number of aromatic nitrogens is 3. The van der Waals surface area contributed by atoms with E-state index in [-0.39, 0.29) is 12.7 Å². The van der Waals surface area contributed by atoms with Gasteiger partial charge >= 0.3 is 0 Å². The highest BCUT2D eigenvalue weighted by atomic mass is 16.5. The molecule has 0 aliphatic rings. The maximum atomic E-state index is 10.3. The van der Waals surface area contributed by atoms with Gasteiger partial charge in [0.1, 0.15) is 6.54 Å². The van der Waals surface area contributed by atoms with Gasteiger partial charge in [0, 0.05) is 19.3 Å². The van der Waals surface area contributed by atoms with E-state index in [4.69, 9.17) is 4.74 Å². The third-order valence-corrected chi connectivity index (χ3v) is 4.42. The van der Waals surface area contributed by atoms with Crippen molar-refractivity contribution in [3.05, 3.63) is 66.1 Å². The van der Waals surface area contributed by atoms with Crippen LogP contribution in [0.4, 0.5) is 0 Å². The van der Waals surface area contributed by atoms with Crippen LogP contribution in [0.5, 0.6) is 0 Å². The summed E-state index contributed by atoms with van der Waals surface area (Å²) in [6.07, 6.45) is 1.18. The molecule has 3 rings (SSSR count). The van der Waals surface area contributed by atoms with Crippen LogP contribution in [0.1, 0.15) is 31.3 Å². The van der Waals surface area contributed by atoms with Gasteiger partial charge in [0.15, 0.2) is 17.4 Å². The summed E-state index contributed by atoms with van der Waals surface area (Å²) < 4.78 is 7.68. The van der Waals surface area contributed by atoms with E-state index in [2.05, 4.69) is 25.8 Å². The highest BCUT2D eigenvalue weighted by Gasteiger charge is 2.11. The number of guanidine groups is 1. The minimum absolute atomic E-state index is 0.0750. The zero-order valence-electron chi connectivity index (χ0n) is 16.8. The Morgan fingerprint density at radius 1 is 1.14 bits per heavy atom. The number of ether oxygens (including phenoxy) is 1. The van der Waals surface area contributed by atoms with Crippen LogP contribution in [-0.2, 0) is 11.3 Å². The van der Waals surface area contributed by atoms with E-state index >= 15 is 0 Å². The maximum absolute atomic E-state index is 10.3. The second-order valence-corrected chi connectivity index (χ2v) is 6.66. The number of aliphatic imine (C=N–C) groups is 1. The molecule has 0 saturated heterocycles. The van der Waals surface area contributed by atoms with E-state index in [0.29, 0.717) is 25.6 Å². The third kappa shape index (κ3) is 6.00. The van der Waals surface area contributed by atoms with E-state index in [9.17, 15) is 5.11 Å². The van der Waals surface area contributed by atoms with E-state index < -0.39 is 6.10 Å². The number of fused-ring (bicyclic) bond motifs is 1. The van der Waals surface area contributed by atoms with Crippen molar-refractivity contribution in [2.45, 2.75) is 32.6 Å². The molecule has 3 aromatic rings. The van der Waals surface area contributed by atoms with E-state index in [0.717, 1.165) is 17.0 Å². The zero-order chi connectivity index (χ0) is 20.5. The van der Waals surface area contributed by atoms with Crippen molar-refractivity contribution < 1.29 is 9.84 Å². The summed E-state index contributed by atoms with van der Waals surface area (Å²) in [6, 6.07) is 15.7. The van der Waals surface area contributed by atoms with Gasteiger partial charge in [0.2, 0.25) is 0 Å². The Balaban J connectivity index is 1.50. The summed E-state index contributed by atoms with van der Waals surface area (Å²) in [7, 11) is 0. The molecule has 0 fully saturated rings. The first-order valence-electron chi connectivity index (χ1n) is 9.82. The first-order chi connectivity index (χ1) is 14.2. The molecule has 29 heavy (non-hydrogen) atoms. The number of aliphatic hydroxyl groups is 1. The van der Waals surface area contributed by atoms with Gasteiger partial charge in [-0.15, -0.1) is 10.2 Å². The second kappa shape index (κ2) is 10.5. The normalized spacial score (nSPS) is 14.0. The van der Waals surface area contributed by atoms with Gasteiger partial charge in [-0.25, -0.2) is 4.99 Å². The molecule has 0 spiro atoms. The number of benzene rings is 1. The van der Waals surface area contributed by atoms with Gasteiger partial charge in [-0.05, 0) is 31.5 Å². The second-order valence-electron chi connectivity index (χ2n) is 6.66. The topological polar surface area (TPSA) is 96.1 Å². The van der Waals surface area contributed by atoms with Crippen molar-refractivity contribution in [3.8, 4) is 0 Å². The number of pyridine rings is 1. The summed E-state index contributed by atoms with van der Waals surface area (Å²) in [5, 5.41) is 24.9. The molecule has 0 aliphatic carbocycles. The molecular weight excluding hydrogens is 368 g/mol. The number of nitrogens with one attached hydrogen (secondary N) is 2. The molecule has 0 aliphatic heterocycles. The van der Waals surface area contributed by atoms with Crippen LogP contribution in [-0.4, -0.2) is 51.5 Å².